The maximum absolute atomic E-state index is 13.5. The van der Waals surface area contributed by atoms with Crippen LogP contribution in [0.1, 0.15) is 25.5 Å². The number of carbonyl (C=O) groups is 1. The summed E-state index contributed by atoms with van der Waals surface area (Å²) in [6, 6.07) is 0.824. The van der Waals surface area contributed by atoms with Crippen LogP contribution >= 0.6 is 0 Å². The summed E-state index contributed by atoms with van der Waals surface area (Å²) in [5, 5.41) is 10.2. The molecule has 31 heavy (non-hydrogen) atoms. The Morgan fingerprint density at radius 3 is 2.61 bits per heavy atom. The van der Waals surface area contributed by atoms with Crippen LogP contribution in [0.2, 0.25) is 0 Å². The highest BCUT2D eigenvalue weighted by Gasteiger charge is 2.73. The Kier molecular flexibility index (Phi) is 4.81. The number of alkyl halides is 5. The van der Waals surface area contributed by atoms with Gasteiger partial charge in [-0.25, -0.2) is 13.8 Å². The van der Waals surface area contributed by atoms with E-state index in [9.17, 15) is 26.7 Å². The smallest absolute Gasteiger partial charge is 0.433 e. The van der Waals surface area contributed by atoms with Crippen molar-refractivity contribution in [3.8, 4) is 17.3 Å². The molecule has 168 valence electrons. The van der Waals surface area contributed by atoms with Gasteiger partial charge in [-0.2, -0.15) is 13.2 Å². The van der Waals surface area contributed by atoms with Crippen molar-refractivity contribution in [1.82, 2.24) is 20.1 Å². The highest BCUT2D eigenvalue weighted by molar-refractivity contribution is 5.84. The summed E-state index contributed by atoms with van der Waals surface area (Å²) in [6.45, 7) is 1.75. The van der Waals surface area contributed by atoms with Gasteiger partial charge in [0.1, 0.15) is 17.3 Å². The fraction of sp³-hybridized carbons (Fsp3) is 0.556. The van der Waals surface area contributed by atoms with Crippen LogP contribution < -0.4 is 10.1 Å². The molecule has 1 aliphatic carbocycles. The van der Waals surface area contributed by atoms with Gasteiger partial charge >= 0.3 is 12.2 Å². The molecule has 4 rings (SSSR count). The van der Waals surface area contributed by atoms with E-state index in [1.165, 1.54) is 11.8 Å². The van der Waals surface area contributed by atoms with Crippen LogP contribution in [-0.2, 0) is 11.0 Å². The molecule has 0 aromatic carbocycles. The lowest BCUT2D eigenvalue weighted by Crippen LogP contribution is -2.40. The first-order chi connectivity index (χ1) is 14.5. The normalized spacial score (nSPS) is 23.1. The second-order valence-corrected chi connectivity index (χ2v) is 7.70. The summed E-state index contributed by atoms with van der Waals surface area (Å²) in [5.74, 6) is -3.65. The van der Waals surface area contributed by atoms with Crippen LogP contribution in [0.15, 0.2) is 16.5 Å². The molecule has 3 heterocycles. The van der Waals surface area contributed by atoms with Gasteiger partial charge in [0.05, 0.1) is 12.5 Å². The van der Waals surface area contributed by atoms with Crippen molar-refractivity contribution < 1.29 is 35.9 Å². The SMILES string of the molecule is COc1nc(C(F)(F)F)ccc1-c1nnc(N[C@H](C)C(=O)N2CC[C@]3(C2)CC3(F)F)o1. The van der Waals surface area contributed by atoms with E-state index >= 15 is 0 Å². The summed E-state index contributed by atoms with van der Waals surface area (Å²) in [4.78, 5) is 17.4. The number of carbonyl (C=O) groups excluding carboxylic acids is 1. The lowest BCUT2D eigenvalue weighted by atomic mass is 10.1. The van der Waals surface area contributed by atoms with E-state index in [1.807, 2.05) is 0 Å². The largest absolute Gasteiger partial charge is 0.480 e. The number of anilines is 1. The van der Waals surface area contributed by atoms with Crippen molar-refractivity contribution in [2.45, 2.75) is 37.9 Å². The van der Waals surface area contributed by atoms with Gasteiger partial charge in [-0.05, 0) is 25.5 Å². The molecule has 2 aliphatic rings. The number of likely N-dealkylation sites (tertiary alicyclic amines) is 1. The van der Waals surface area contributed by atoms with E-state index in [0.717, 1.165) is 19.2 Å². The molecular formula is C18H18F5N5O3. The van der Waals surface area contributed by atoms with Gasteiger partial charge < -0.3 is 19.4 Å². The predicted octanol–water partition coefficient (Wildman–Crippen LogP) is 3.22. The Morgan fingerprint density at radius 2 is 2.03 bits per heavy atom. The average Bonchev–Trinajstić information content (AvgIpc) is 3.08. The number of hydrogen-bond donors (Lipinski definition) is 1. The first kappa shape index (κ1) is 21.2. The van der Waals surface area contributed by atoms with Gasteiger partial charge in [-0.3, -0.25) is 4.79 Å². The van der Waals surface area contributed by atoms with Gasteiger partial charge in [-0.1, -0.05) is 5.10 Å². The van der Waals surface area contributed by atoms with Gasteiger partial charge in [0, 0.05) is 19.5 Å². The number of aromatic nitrogens is 3. The highest BCUT2D eigenvalue weighted by Crippen LogP contribution is 2.65. The van der Waals surface area contributed by atoms with E-state index in [1.54, 1.807) is 0 Å². The van der Waals surface area contributed by atoms with Crippen LogP contribution in [0.25, 0.3) is 11.5 Å². The third-order valence-corrected chi connectivity index (χ3v) is 5.59. The van der Waals surface area contributed by atoms with E-state index in [2.05, 4.69) is 20.5 Å². The molecule has 1 aliphatic heterocycles. The maximum Gasteiger partial charge on any atom is 0.433 e. The second-order valence-electron chi connectivity index (χ2n) is 7.70. The van der Waals surface area contributed by atoms with Crippen LogP contribution in [0.3, 0.4) is 0 Å². The lowest BCUT2D eigenvalue weighted by molar-refractivity contribution is -0.141. The molecule has 1 spiro atoms. The Morgan fingerprint density at radius 1 is 1.32 bits per heavy atom. The number of halogens is 5. The number of rotatable bonds is 5. The van der Waals surface area contributed by atoms with Gasteiger partial charge in [0.15, 0.2) is 0 Å². The molecule has 0 bridgehead atoms. The Bertz CT molecular complexity index is 1010. The number of ether oxygens (including phenoxy) is 1. The van der Waals surface area contributed by atoms with Crippen molar-refractivity contribution in [2.75, 3.05) is 25.5 Å². The summed E-state index contributed by atoms with van der Waals surface area (Å²) in [6.07, 6.45) is -4.60. The van der Waals surface area contributed by atoms with Gasteiger partial charge in [0.2, 0.25) is 11.8 Å². The van der Waals surface area contributed by atoms with Crippen molar-refractivity contribution in [3.05, 3.63) is 17.8 Å². The van der Waals surface area contributed by atoms with Crippen LogP contribution in [-0.4, -0.2) is 58.2 Å². The quantitative estimate of drug-likeness (QED) is 0.704. The van der Waals surface area contributed by atoms with Crippen molar-refractivity contribution in [1.29, 1.82) is 0 Å². The number of amides is 1. The second kappa shape index (κ2) is 7.02. The summed E-state index contributed by atoms with van der Waals surface area (Å²) in [7, 11) is 1.15. The van der Waals surface area contributed by atoms with Gasteiger partial charge in [-0.15, -0.1) is 5.10 Å². The number of nitrogens with zero attached hydrogens (tertiary/aromatic N) is 4. The summed E-state index contributed by atoms with van der Waals surface area (Å²) >= 11 is 0. The lowest BCUT2D eigenvalue weighted by Gasteiger charge is -2.21. The number of hydrogen-bond acceptors (Lipinski definition) is 7. The molecule has 0 unspecified atom stereocenters. The van der Waals surface area contributed by atoms with Crippen LogP contribution in [0, 0.1) is 5.41 Å². The Labute approximate surface area is 172 Å². The monoisotopic (exact) mass is 447 g/mol. The van der Waals surface area contributed by atoms with Crippen LogP contribution in [0.4, 0.5) is 28.0 Å². The zero-order valence-electron chi connectivity index (χ0n) is 16.5. The molecule has 2 aromatic rings. The molecule has 1 N–H and O–H groups in total. The fourth-order valence-corrected chi connectivity index (χ4v) is 3.71. The maximum atomic E-state index is 13.5. The predicted molar refractivity (Wildman–Crippen MR) is 95.4 cm³/mol. The van der Waals surface area contributed by atoms with E-state index < -0.39 is 35.2 Å². The van der Waals surface area contributed by atoms with Crippen molar-refractivity contribution >= 4 is 11.9 Å². The molecular weight excluding hydrogens is 429 g/mol. The molecule has 2 fully saturated rings. The first-order valence-corrected chi connectivity index (χ1v) is 9.35. The molecule has 2 aromatic heterocycles. The third-order valence-electron chi connectivity index (χ3n) is 5.59. The molecule has 1 saturated heterocycles. The average molecular weight is 447 g/mol. The van der Waals surface area contributed by atoms with E-state index in [4.69, 9.17) is 9.15 Å². The van der Waals surface area contributed by atoms with E-state index in [-0.39, 0.29) is 49.3 Å². The summed E-state index contributed by atoms with van der Waals surface area (Å²) < 4.78 is 75.8. The van der Waals surface area contributed by atoms with Crippen LogP contribution in [0.5, 0.6) is 5.88 Å². The standard InChI is InChI=1S/C18H18F5N5O3/c1-9(14(29)28-6-5-16(8-28)7-17(16,19)20)24-15-27-26-13(31-15)10-3-4-11(18(21,22)23)25-12(10)30-2/h3-4,9H,5-8H2,1-2H3,(H,24,27)/t9-,16-/m1/s1. The Hall–Kier alpha value is -2.99. The minimum Gasteiger partial charge on any atom is -0.480 e. The third kappa shape index (κ3) is 3.76. The van der Waals surface area contributed by atoms with Gasteiger partial charge in [0.25, 0.3) is 11.8 Å². The number of pyridine rings is 1. The molecule has 1 amide bonds. The first-order valence-electron chi connectivity index (χ1n) is 9.35. The highest BCUT2D eigenvalue weighted by atomic mass is 19.4. The minimum absolute atomic E-state index is 0.00560. The number of nitrogens with one attached hydrogen (secondary N) is 1. The zero-order chi connectivity index (χ0) is 22.6. The topological polar surface area (TPSA) is 93.4 Å². The van der Waals surface area contributed by atoms with Crippen molar-refractivity contribution in [2.24, 2.45) is 5.41 Å². The number of methoxy groups -OCH3 is 1. The molecule has 13 heteroatoms. The van der Waals surface area contributed by atoms with E-state index in [0.29, 0.717) is 0 Å². The summed E-state index contributed by atoms with van der Waals surface area (Å²) in [5.41, 5.74) is -2.21. The zero-order valence-corrected chi connectivity index (χ0v) is 16.5. The minimum atomic E-state index is -4.65. The molecule has 2 atom stereocenters. The molecule has 8 nitrogen and oxygen atoms in total. The Balaban J connectivity index is 1.44. The van der Waals surface area contributed by atoms with Crippen molar-refractivity contribution in [3.63, 3.8) is 0 Å². The molecule has 1 saturated carbocycles. The molecule has 0 radical (unpaired) electrons. The fourth-order valence-electron chi connectivity index (χ4n) is 3.71.